The van der Waals surface area contributed by atoms with Gasteiger partial charge in [-0.3, -0.25) is 14.5 Å². The number of nitrogens with zero attached hydrogens (tertiary/aromatic N) is 1. The molecule has 1 heterocycles. The summed E-state index contributed by atoms with van der Waals surface area (Å²) in [5, 5.41) is 6.52. The molecule has 1 aromatic rings. The second-order valence-electron chi connectivity index (χ2n) is 6.36. The van der Waals surface area contributed by atoms with Crippen molar-refractivity contribution in [2.75, 3.05) is 11.9 Å². The standard InChI is InChI=1S/C20H22Cl3N3O3/c1-3-5-14(22)12(4-2)11-24-19(28)17-8-9-18(27)26(17)20(29)25-16-7-6-13(21)10-15(16)23/h4-7,10,17H,3,8-9,11H2,1-2H3,(H,24,28)(H,25,29)/b12-4-,14-5+. The Balaban J connectivity index is 2.08. The van der Waals surface area contributed by atoms with Crippen molar-refractivity contribution >= 4 is 58.3 Å². The van der Waals surface area contributed by atoms with E-state index in [1.54, 1.807) is 6.07 Å². The number of anilines is 1. The fourth-order valence-corrected chi connectivity index (χ4v) is 3.67. The molecule has 1 aromatic carbocycles. The molecule has 29 heavy (non-hydrogen) atoms. The van der Waals surface area contributed by atoms with Crippen LogP contribution in [0.3, 0.4) is 0 Å². The summed E-state index contributed by atoms with van der Waals surface area (Å²) >= 11 is 18.1. The number of allylic oxidation sites excluding steroid dienone is 2. The van der Waals surface area contributed by atoms with Crippen molar-refractivity contribution < 1.29 is 14.4 Å². The van der Waals surface area contributed by atoms with Gasteiger partial charge in [0.25, 0.3) is 0 Å². The molecule has 1 aliphatic heterocycles. The van der Waals surface area contributed by atoms with E-state index < -0.39 is 23.9 Å². The third-order valence-electron chi connectivity index (χ3n) is 4.40. The van der Waals surface area contributed by atoms with E-state index in [2.05, 4.69) is 10.6 Å². The minimum Gasteiger partial charge on any atom is -0.350 e. The van der Waals surface area contributed by atoms with Crippen molar-refractivity contribution in [2.24, 2.45) is 0 Å². The van der Waals surface area contributed by atoms with Gasteiger partial charge in [-0.2, -0.15) is 0 Å². The Labute approximate surface area is 184 Å². The van der Waals surface area contributed by atoms with E-state index >= 15 is 0 Å². The lowest BCUT2D eigenvalue weighted by atomic mass is 10.1. The molecule has 6 nitrogen and oxygen atoms in total. The first kappa shape index (κ1) is 23.3. The molecule has 0 spiro atoms. The minimum atomic E-state index is -0.902. The highest BCUT2D eigenvalue weighted by atomic mass is 35.5. The number of halogens is 3. The van der Waals surface area contributed by atoms with Gasteiger partial charge in [-0.15, -0.1) is 0 Å². The number of hydrogen-bond donors (Lipinski definition) is 2. The van der Waals surface area contributed by atoms with Gasteiger partial charge in [0.15, 0.2) is 0 Å². The number of rotatable bonds is 6. The molecular formula is C20H22Cl3N3O3. The Bertz CT molecular complexity index is 868. The number of benzene rings is 1. The van der Waals surface area contributed by atoms with Gasteiger partial charge in [-0.1, -0.05) is 53.9 Å². The molecule has 1 aliphatic rings. The van der Waals surface area contributed by atoms with Crippen LogP contribution in [0.25, 0.3) is 0 Å². The van der Waals surface area contributed by atoms with Crippen LogP contribution >= 0.6 is 34.8 Å². The summed E-state index contributed by atoms with van der Waals surface area (Å²) in [6.07, 6.45) is 4.77. The molecular weight excluding hydrogens is 437 g/mol. The number of imide groups is 1. The van der Waals surface area contributed by atoms with Crippen LogP contribution in [-0.4, -0.2) is 35.3 Å². The van der Waals surface area contributed by atoms with Crippen LogP contribution in [0.15, 0.2) is 41.0 Å². The Morgan fingerprint density at radius 3 is 2.66 bits per heavy atom. The van der Waals surface area contributed by atoms with Crippen LogP contribution in [0, 0.1) is 0 Å². The van der Waals surface area contributed by atoms with Crippen LogP contribution in [0.5, 0.6) is 0 Å². The molecule has 2 N–H and O–H groups in total. The van der Waals surface area contributed by atoms with Crippen LogP contribution in [0.4, 0.5) is 10.5 Å². The minimum absolute atomic E-state index is 0.104. The Morgan fingerprint density at radius 1 is 1.31 bits per heavy atom. The molecule has 156 valence electrons. The number of carbonyl (C=O) groups excluding carboxylic acids is 3. The third-order valence-corrected chi connectivity index (χ3v) is 5.34. The Morgan fingerprint density at radius 2 is 2.03 bits per heavy atom. The quantitative estimate of drug-likeness (QED) is 0.581. The van der Waals surface area contributed by atoms with Gasteiger partial charge in [-0.25, -0.2) is 4.79 Å². The van der Waals surface area contributed by atoms with Gasteiger partial charge >= 0.3 is 6.03 Å². The number of carbonyl (C=O) groups is 3. The van der Waals surface area contributed by atoms with E-state index in [1.807, 2.05) is 26.0 Å². The maximum atomic E-state index is 12.7. The molecule has 4 amide bonds. The van der Waals surface area contributed by atoms with Crippen molar-refractivity contribution in [3.05, 3.63) is 51.0 Å². The van der Waals surface area contributed by atoms with E-state index in [1.165, 1.54) is 12.1 Å². The van der Waals surface area contributed by atoms with Crippen LogP contribution < -0.4 is 10.6 Å². The fourth-order valence-electron chi connectivity index (χ4n) is 2.89. The molecule has 0 bridgehead atoms. The van der Waals surface area contributed by atoms with E-state index in [4.69, 9.17) is 34.8 Å². The first-order valence-electron chi connectivity index (χ1n) is 9.15. The van der Waals surface area contributed by atoms with Crippen LogP contribution in [0.2, 0.25) is 10.0 Å². The summed E-state index contributed by atoms with van der Waals surface area (Å²) in [6, 6.07) is 2.94. The summed E-state index contributed by atoms with van der Waals surface area (Å²) in [6.45, 7) is 3.98. The number of nitrogens with one attached hydrogen (secondary N) is 2. The second kappa shape index (κ2) is 10.7. The number of hydrogen-bond acceptors (Lipinski definition) is 3. The molecule has 0 aliphatic carbocycles. The van der Waals surface area contributed by atoms with Crippen molar-refractivity contribution in [3.8, 4) is 0 Å². The van der Waals surface area contributed by atoms with E-state index in [-0.39, 0.29) is 24.4 Å². The highest BCUT2D eigenvalue weighted by Crippen LogP contribution is 2.27. The molecule has 9 heteroatoms. The summed E-state index contributed by atoms with van der Waals surface area (Å²) in [7, 11) is 0. The lowest BCUT2D eigenvalue weighted by molar-refractivity contribution is -0.132. The van der Waals surface area contributed by atoms with Gasteiger partial charge in [0.1, 0.15) is 6.04 Å². The second-order valence-corrected chi connectivity index (χ2v) is 7.62. The molecule has 1 fully saturated rings. The van der Waals surface area contributed by atoms with Crippen LogP contribution in [0.1, 0.15) is 33.1 Å². The molecule has 0 radical (unpaired) electrons. The number of likely N-dealkylation sites (tertiary alicyclic amines) is 1. The summed E-state index contributed by atoms with van der Waals surface area (Å²) in [5.41, 5.74) is 1.06. The summed E-state index contributed by atoms with van der Waals surface area (Å²) in [4.78, 5) is 38.5. The monoisotopic (exact) mass is 457 g/mol. The zero-order chi connectivity index (χ0) is 21.6. The first-order valence-corrected chi connectivity index (χ1v) is 10.3. The largest absolute Gasteiger partial charge is 0.350 e. The maximum Gasteiger partial charge on any atom is 0.329 e. The van der Waals surface area contributed by atoms with Crippen molar-refractivity contribution in [1.82, 2.24) is 10.2 Å². The SMILES string of the molecule is C/C=C(CNC(=O)C1CCC(=O)N1C(=O)Nc1ccc(Cl)cc1Cl)\C(Cl)=C/CC. The van der Waals surface area contributed by atoms with Gasteiger partial charge in [0.2, 0.25) is 11.8 Å². The molecule has 0 saturated carbocycles. The van der Waals surface area contributed by atoms with Gasteiger partial charge in [0.05, 0.1) is 10.7 Å². The fraction of sp³-hybridized carbons (Fsp3) is 0.350. The summed E-state index contributed by atoms with van der Waals surface area (Å²) < 4.78 is 0. The number of amides is 4. The van der Waals surface area contributed by atoms with Crippen LogP contribution in [-0.2, 0) is 9.59 Å². The molecule has 0 aromatic heterocycles. The summed E-state index contributed by atoms with van der Waals surface area (Å²) in [5.74, 6) is -0.851. The lowest BCUT2D eigenvalue weighted by Gasteiger charge is -2.23. The highest BCUT2D eigenvalue weighted by molar-refractivity contribution is 6.36. The predicted octanol–water partition coefficient (Wildman–Crippen LogP) is 5.11. The average molecular weight is 459 g/mol. The normalized spacial score (nSPS) is 17.5. The lowest BCUT2D eigenvalue weighted by Crippen LogP contribution is -2.49. The molecule has 2 rings (SSSR count). The van der Waals surface area contributed by atoms with Crippen molar-refractivity contribution in [1.29, 1.82) is 0 Å². The first-order chi connectivity index (χ1) is 13.8. The van der Waals surface area contributed by atoms with Crippen molar-refractivity contribution in [3.63, 3.8) is 0 Å². The topological polar surface area (TPSA) is 78.5 Å². The third kappa shape index (κ3) is 5.98. The zero-order valence-corrected chi connectivity index (χ0v) is 18.4. The van der Waals surface area contributed by atoms with Gasteiger partial charge in [0, 0.05) is 23.0 Å². The van der Waals surface area contributed by atoms with E-state index in [0.29, 0.717) is 15.7 Å². The molecule has 1 saturated heterocycles. The Kier molecular flexibility index (Phi) is 8.56. The smallest absolute Gasteiger partial charge is 0.329 e. The zero-order valence-electron chi connectivity index (χ0n) is 16.1. The average Bonchev–Trinajstić information content (AvgIpc) is 3.06. The Hall–Kier alpha value is -2.02. The van der Waals surface area contributed by atoms with Gasteiger partial charge < -0.3 is 10.6 Å². The van der Waals surface area contributed by atoms with E-state index in [9.17, 15) is 14.4 Å². The maximum absolute atomic E-state index is 12.7. The van der Waals surface area contributed by atoms with Gasteiger partial charge in [-0.05, 0) is 43.5 Å². The molecule has 1 atom stereocenters. The number of urea groups is 1. The predicted molar refractivity (Wildman–Crippen MR) is 116 cm³/mol. The van der Waals surface area contributed by atoms with Crippen molar-refractivity contribution in [2.45, 2.75) is 39.2 Å². The highest BCUT2D eigenvalue weighted by Gasteiger charge is 2.40. The molecule has 1 unspecified atom stereocenters. The van der Waals surface area contributed by atoms with E-state index in [0.717, 1.165) is 16.9 Å².